The molecule has 2 rings (SSSR count). The van der Waals surface area contributed by atoms with Crippen LogP contribution in [-0.2, 0) is 0 Å². The zero-order valence-corrected chi connectivity index (χ0v) is 11.4. The van der Waals surface area contributed by atoms with Gasteiger partial charge in [0.15, 0.2) is 11.6 Å². The number of nitrogens with one attached hydrogen (secondary N) is 1. The summed E-state index contributed by atoms with van der Waals surface area (Å²) in [5.74, 6) is 1.64. The van der Waals surface area contributed by atoms with Gasteiger partial charge in [-0.15, -0.1) is 0 Å². The maximum Gasteiger partial charge on any atom is 0.224 e. The second kappa shape index (κ2) is 5.08. The van der Waals surface area contributed by atoms with E-state index in [2.05, 4.69) is 41.0 Å². The van der Waals surface area contributed by atoms with Gasteiger partial charge in [-0.2, -0.15) is 4.98 Å². The highest BCUT2D eigenvalue weighted by atomic mass is 19.1. The Kier molecular flexibility index (Phi) is 3.68. The van der Waals surface area contributed by atoms with Crippen LogP contribution in [0.5, 0.6) is 0 Å². The molecule has 3 atom stereocenters. The van der Waals surface area contributed by atoms with Gasteiger partial charge in [0.2, 0.25) is 5.95 Å². The Hall–Kier alpha value is -1.39. The van der Waals surface area contributed by atoms with E-state index in [9.17, 15) is 4.39 Å². The molecule has 100 valence electrons. The van der Waals surface area contributed by atoms with Gasteiger partial charge in [0, 0.05) is 19.6 Å². The van der Waals surface area contributed by atoms with E-state index in [1.807, 2.05) is 0 Å². The van der Waals surface area contributed by atoms with Crippen molar-refractivity contribution in [2.75, 3.05) is 23.8 Å². The fourth-order valence-corrected chi connectivity index (χ4v) is 2.67. The lowest BCUT2D eigenvalue weighted by molar-refractivity contribution is 0.293. The van der Waals surface area contributed by atoms with Crippen molar-refractivity contribution in [1.82, 2.24) is 9.97 Å². The second-order valence-corrected chi connectivity index (χ2v) is 5.33. The normalized spacial score (nSPS) is 28.3. The molecule has 2 heterocycles. The molecule has 0 bridgehead atoms. The maximum absolute atomic E-state index is 13.9. The van der Waals surface area contributed by atoms with Crippen LogP contribution in [-0.4, -0.2) is 29.6 Å². The minimum Gasteiger partial charge on any atom is -0.357 e. The Bertz CT molecular complexity index is 423. The predicted molar refractivity (Wildman–Crippen MR) is 71.3 cm³/mol. The lowest BCUT2D eigenvalue weighted by atomic mass is 9.86. The van der Waals surface area contributed by atoms with Crippen molar-refractivity contribution in [3.63, 3.8) is 0 Å². The Morgan fingerprint density at radius 1 is 1.39 bits per heavy atom. The lowest BCUT2D eigenvalue weighted by Crippen LogP contribution is -2.46. The average molecular weight is 252 g/mol. The van der Waals surface area contributed by atoms with Crippen molar-refractivity contribution in [2.24, 2.45) is 11.8 Å². The quantitative estimate of drug-likeness (QED) is 0.878. The molecule has 0 spiro atoms. The monoisotopic (exact) mass is 252 g/mol. The molecule has 0 aromatic carbocycles. The summed E-state index contributed by atoms with van der Waals surface area (Å²) in [5, 5.41) is 2.86. The van der Waals surface area contributed by atoms with Crippen LogP contribution in [0.4, 0.5) is 16.2 Å². The fraction of sp³-hybridized carbons (Fsp3) is 0.692. The summed E-state index contributed by atoms with van der Waals surface area (Å²) in [4.78, 5) is 10.2. The summed E-state index contributed by atoms with van der Waals surface area (Å²) in [7, 11) is 1.74. The van der Waals surface area contributed by atoms with Crippen LogP contribution in [0.3, 0.4) is 0 Å². The molecule has 18 heavy (non-hydrogen) atoms. The molecule has 1 N–H and O–H groups in total. The molecule has 1 aromatic heterocycles. The molecular formula is C13H21FN4. The molecule has 1 aliphatic rings. The Labute approximate surface area is 108 Å². The first kappa shape index (κ1) is 13.1. The molecule has 1 aliphatic heterocycles. The molecule has 0 amide bonds. The highest BCUT2D eigenvalue weighted by molar-refractivity contribution is 5.45. The number of nitrogens with zero attached hydrogens (tertiary/aromatic N) is 3. The smallest absolute Gasteiger partial charge is 0.224 e. The van der Waals surface area contributed by atoms with E-state index < -0.39 is 0 Å². The zero-order valence-electron chi connectivity index (χ0n) is 11.4. The third-order valence-corrected chi connectivity index (χ3v) is 3.82. The zero-order chi connectivity index (χ0) is 13.3. The van der Waals surface area contributed by atoms with Gasteiger partial charge in [-0.25, -0.2) is 9.37 Å². The molecule has 3 unspecified atom stereocenters. The Morgan fingerprint density at radius 2 is 2.11 bits per heavy atom. The Balaban J connectivity index is 2.34. The number of hydrogen-bond donors (Lipinski definition) is 1. The van der Waals surface area contributed by atoms with Gasteiger partial charge in [-0.05, 0) is 25.2 Å². The van der Waals surface area contributed by atoms with Crippen LogP contribution in [0.15, 0.2) is 6.20 Å². The minimum absolute atomic E-state index is 0.301. The highest BCUT2D eigenvalue weighted by Gasteiger charge is 2.31. The van der Waals surface area contributed by atoms with E-state index in [-0.39, 0.29) is 5.82 Å². The summed E-state index contributed by atoms with van der Waals surface area (Å²) in [5.41, 5.74) is 0. The largest absolute Gasteiger partial charge is 0.357 e. The SMILES string of the molecule is CNc1ncc(F)c(N2CC(C)CC(C)C2C)n1. The molecular weight excluding hydrogens is 231 g/mol. The topological polar surface area (TPSA) is 41.1 Å². The van der Waals surface area contributed by atoms with Crippen LogP contribution in [0.25, 0.3) is 0 Å². The fourth-order valence-electron chi connectivity index (χ4n) is 2.67. The number of hydrogen-bond acceptors (Lipinski definition) is 4. The van der Waals surface area contributed by atoms with E-state index in [1.54, 1.807) is 7.05 Å². The molecule has 5 heteroatoms. The maximum atomic E-state index is 13.9. The first-order chi connectivity index (χ1) is 8.52. The average Bonchev–Trinajstić information content (AvgIpc) is 2.34. The van der Waals surface area contributed by atoms with Crippen LogP contribution < -0.4 is 10.2 Å². The van der Waals surface area contributed by atoms with Crippen molar-refractivity contribution < 1.29 is 4.39 Å². The van der Waals surface area contributed by atoms with Crippen LogP contribution in [0.2, 0.25) is 0 Å². The van der Waals surface area contributed by atoms with E-state index in [1.165, 1.54) is 12.6 Å². The summed E-state index contributed by atoms with van der Waals surface area (Å²) in [6, 6.07) is 0.301. The van der Waals surface area contributed by atoms with Crippen LogP contribution >= 0.6 is 0 Å². The third kappa shape index (κ3) is 2.40. The number of anilines is 2. The minimum atomic E-state index is -0.345. The van der Waals surface area contributed by atoms with Gasteiger partial charge in [0.25, 0.3) is 0 Å². The Morgan fingerprint density at radius 3 is 2.78 bits per heavy atom. The van der Waals surface area contributed by atoms with Crippen molar-refractivity contribution in [1.29, 1.82) is 0 Å². The summed E-state index contributed by atoms with van der Waals surface area (Å²) in [6.07, 6.45) is 2.42. The van der Waals surface area contributed by atoms with Crippen molar-refractivity contribution in [3.8, 4) is 0 Å². The van der Waals surface area contributed by atoms with E-state index in [0.717, 1.165) is 6.54 Å². The number of aromatic nitrogens is 2. The van der Waals surface area contributed by atoms with Gasteiger partial charge in [0.1, 0.15) is 0 Å². The summed E-state index contributed by atoms with van der Waals surface area (Å²) >= 11 is 0. The molecule has 1 aromatic rings. The van der Waals surface area contributed by atoms with E-state index >= 15 is 0 Å². The standard InChI is InChI=1S/C13H21FN4/c1-8-5-9(2)10(3)18(7-8)12-11(14)6-16-13(15-4)17-12/h6,8-10H,5,7H2,1-4H3,(H,15,16,17). The van der Waals surface area contributed by atoms with E-state index in [0.29, 0.717) is 29.6 Å². The van der Waals surface area contributed by atoms with Crippen LogP contribution in [0.1, 0.15) is 27.2 Å². The van der Waals surface area contributed by atoms with Gasteiger partial charge in [-0.3, -0.25) is 0 Å². The van der Waals surface area contributed by atoms with Gasteiger partial charge in [0.05, 0.1) is 6.20 Å². The van der Waals surface area contributed by atoms with Gasteiger partial charge in [-0.1, -0.05) is 13.8 Å². The number of piperidine rings is 1. The molecule has 1 fully saturated rings. The molecule has 4 nitrogen and oxygen atoms in total. The number of halogens is 1. The third-order valence-electron chi connectivity index (χ3n) is 3.82. The highest BCUT2D eigenvalue weighted by Crippen LogP contribution is 2.31. The predicted octanol–water partition coefficient (Wildman–Crippen LogP) is 2.53. The number of rotatable bonds is 2. The van der Waals surface area contributed by atoms with Crippen molar-refractivity contribution in [3.05, 3.63) is 12.0 Å². The summed E-state index contributed by atoms with van der Waals surface area (Å²) in [6.45, 7) is 7.40. The van der Waals surface area contributed by atoms with E-state index in [4.69, 9.17) is 0 Å². The van der Waals surface area contributed by atoms with Crippen molar-refractivity contribution in [2.45, 2.75) is 33.2 Å². The van der Waals surface area contributed by atoms with Crippen LogP contribution in [0, 0.1) is 17.7 Å². The van der Waals surface area contributed by atoms with Gasteiger partial charge >= 0.3 is 0 Å². The molecule has 0 saturated carbocycles. The first-order valence-electron chi connectivity index (χ1n) is 6.49. The molecule has 0 aliphatic carbocycles. The van der Waals surface area contributed by atoms with Gasteiger partial charge < -0.3 is 10.2 Å². The summed E-state index contributed by atoms with van der Waals surface area (Å²) < 4.78 is 13.9. The second-order valence-electron chi connectivity index (χ2n) is 5.33. The molecule has 1 saturated heterocycles. The first-order valence-corrected chi connectivity index (χ1v) is 6.49. The lowest BCUT2D eigenvalue weighted by Gasteiger charge is -2.41. The molecule has 0 radical (unpaired) electrons. The van der Waals surface area contributed by atoms with Crippen molar-refractivity contribution >= 4 is 11.8 Å².